The van der Waals surface area contributed by atoms with E-state index >= 15 is 0 Å². The van der Waals surface area contributed by atoms with E-state index in [1.807, 2.05) is 26.0 Å². The van der Waals surface area contributed by atoms with Crippen molar-refractivity contribution >= 4 is 7.60 Å². The third-order valence-electron chi connectivity index (χ3n) is 2.61. The molecule has 0 N–H and O–H groups in total. The molecule has 0 bridgehead atoms. The monoisotopic (exact) mass is 267 g/mol. The summed E-state index contributed by atoms with van der Waals surface area (Å²) >= 11 is 0. The quantitative estimate of drug-likeness (QED) is 0.581. The zero-order chi connectivity index (χ0) is 13.6. The summed E-state index contributed by atoms with van der Waals surface area (Å²) in [5, 5.41) is 8.55. The van der Waals surface area contributed by atoms with Gasteiger partial charge in [-0.15, -0.1) is 5.26 Å². The van der Waals surface area contributed by atoms with Gasteiger partial charge in [-0.2, -0.15) is 0 Å². The summed E-state index contributed by atoms with van der Waals surface area (Å²) < 4.78 is 22.0. The lowest BCUT2D eigenvalue weighted by molar-refractivity contribution is 0.266. The van der Waals surface area contributed by atoms with Crippen molar-refractivity contribution in [3.05, 3.63) is 34.9 Å². The molecule has 0 radical (unpaired) electrons. The van der Waals surface area contributed by atoms with Gasteiger partial charge in [0, 0.05) is 0 Å². The number of hydrogen-bond donors (Lipinski definition) is 0. The lowest BCUT2D eigenvalue weighted by atomic mass is 10.0. The van der Waals surface area contributed by atoms with Crippen molar-refractivity contribution in [2.45, 2.75) is 33.4 Å². The number of rotatable bonds is 6. The van der Waals surface area contributed by atoms with Gasteiger partial charge in [-0.3, -0.25) is 4.52 Å². The van der Waals surface area contributed by atoms with E-state index < -0.39 is 7.60 Å². The van der Waals surface area contributed by atoms with Crippen LogP contribution in [0.1, 0.15) is 30.5 Å². The van der Waals surface area contributed by atoms with Crippen LogP contribution in [0.25, 0.3) is 0 Å². The van der Waals surface area contributed by atoms with Crippen molar-refractivity contribution in [3.8, 4) is 6.26 Å². The van der Waals surface area contributed by atoms with Crippen molar-refractivity contribution in [1.82, 2.24) is 0 Å². The zero-order valence-corrected chi connectivity index (χ0v) is 11.9. The van der Waals surface area contributed by atoms with E-state index in [4.69, 9.17) is 9.79 Å². The van der Waals surface area contributed by atoms with Gasteiger partial charge in [0.1, 0.15) is 0 Å². The van der Waals surface area contributed by atoms with Gasteiger partial charge in [0.2, 0.25) is 0 Å². The van der Waals surface area contributed by atoms with Crippen LogP contribution >= 0.6 is 7.60 Å². The van der Waals surface area contributed by atoms with E-state index in [9.17, 15) is 4.57 Å². The summed E-state index contributed by atoms with van der Waals surface area (Å²) in [5.74, 6) is 0. The second-order valence-electron chi connectivity index (χ2n) is 4.00. The number of nitrogens with zero attached hydrogens (tertiary/aromatic N) is 1. The summed E-state index contributed by atoms with van der Waals surface area (Å²) in [6.07, 6.45) is 2.45. The fourth-order valence-corrected chi connectivity index (χ4v) is 3.26. The lowest BCUT2D eigenvalue weighted by Gasteiger charge is -2.16. The van der Waals surface area contributed by atoms with Gasteiger partial charge in [0.25, 0.3) is 6.26 Å². The van der Waals surface area contributed by atoms with Crippen LogP contribution in [0.15, 0.2) is 18.2 Å². The predicted octanol–water partition coefficient (Wildman–Crippen LogP) is 3.78. The molecule has 0 amide bonds. The highest BCUT2D eigenvalue weighted by molar-refractivity contribution is 7.53. The molecule has 0 fully saturated rings. The molecule has 1 aromatic carbocycles. The SMILES string of the molecule is CCOP(=O)(Cc1ccc(C)cc1CC)OC#N. The second-order valence-corrected chi connectivity index (χ2v) is 5.97. The van der Waals surface area contributed by atoms with Crippen LogP contribution in [0.2, 0.25) is 0 Å². The Bertz CT molecular complexity index is 493. The molecule has 0 aliphatic rings. The van der Waals surface area contributed by atoms with Crippen molar-refractivity contribution in [3.63, 3.8) is 0 Å². The van der Waals surface area contributed by atoms with Gasteiger partial charge >= 0.3 is 7.60 Å². The molecule has 0 heterocycles. The van der Waals surface area contributed by atoms with Crippen molar-refractivity contribution in [1.29, 1.82) is 5.26 Å². The number of aryl methyl sites for hydroxylation is 2. The standard InChI is InChI=1S/C13H18NO3P/c1-4-12-8-11(3)6-7-13(12)9-18(15,16-5-2)17-10-14/h6-8H,4-5,9H2,1-3H3. The summed E-state index contributed by atoms with van der Waals surface area (Å²) in [5.41, 5.74) is 3.18. The Labute approximate surface area is 108 Å². The fourth-order valence-electron chi connectivity index (χ4n) is 1.81. The van der Waals surface area contributed by atoms with E-state index in [0.717, 1.165) is 23.1 Å². The molecule has 1 rings (SSSR count). The summed E-state index contributed by atoms with van der Waals surface area (Å²) in [6, 6.07) is 5.93. The van der Waals surface area contributed by atoms with Gasteiger partial charge in [0.15, 0.2) is 0 Å². The van der Waals surface area contributed by atoms with Crippen LogP contribution in [0.5, 0.6) is 0 Å². The first-order valence-electron chi connectivity index (χ1n) is 5.94. The van der Waals surface area contributed by atoms with Crippen LogP contribution in [0.4, 0.5) is 0 Å². The lowest BCUT2D eigenvalue weighted by Crippen LogP contribution is -1.99. The second kappa shape index (κ2) is 6.58. The third-order valence-corrected chi connectivity index (χ3v) is 4.35. The highest BCUT2D eigenvalue weighted by atomic mass is 31.2. The minimum Gasteiger partial charge on any atom is -0.349 e. The van der Waals surface area contributed by atoms with Crippen LogP contribution in [-0.2, 0) is 26.2 Å². The van der Waals surface area contributed by atoms with Crippen molar-refractivity contribution < 1.29 is 13.6 Å². The maximum atomic E-state index is 12.3. The zero-order valence-electron chi connectivity index (χ0n) is 11.0. The van der Waals surface area contributed by atoms with Gasteiger partial charge < -0.3 is 4.52 Å². The molecule has 0 aliphatic carbocycles. The number of benzene rings is 1. The first kappa shape index (κ1) is 14.8. The molecule has 4 nitrogen and oxygen atoms in total. The minimum atomic E-state index is -3.36. The molecule has 0 spiro atoms. The Balaban J connectivity index is 3.01. The molecule has 1 unspecified atom stereocenters. The Morgan fingerprint density at radius 2 is 2.06 bits per heavy atom. The molecule has 18 heavy (non-hydrogen) atoms. The molecule has 0 aliphatic heterocycles. The van der Waals surface area contributed by atoms with Crippen LogP contribution in [-0.4, -0.2) is 6.61 Å². The highest BCUT2D eigenvalue weighted by Gasteiger charge is 2.26. The van der Waals surface area contributed by atoms with Crippen LogP contribution < -0.4 is 0 Å². The van der Waals surface area contributed by atoms with E-state index in [1.54, 1.807) is 6.92 Å². The number of hydrogen-bond acceptors (Lipinski definition) is 4. The Hall–Kier alpha value is -1.30. The average molecular weight is 267 g/mol. The fraction of sp³-hybridized carbons (Fsp3) is 0.462. The predicted molar refractivity (Wildman–Crippen MR) is 70.2 cm³/mol. The first-order chi connectivity index (χ1) is 8.54. The van der Waals surface area contributed by atoms with Crippen molar-refractivity contribution in [2.75, 3.05) is 6.61 Å². The Kier molecular flexibility index (Phi) is 5.40. The van der Waals surface area contributed by atoms with Crippen LogP contribution in [0.3, 0.4) is 0 Å². The largest absolute Gasteiger partial charge is 0.393 e. The molecule has 5 heteroatoms. The maximum absolute atomic E-state index is 12.3. The van der Waals surface area contributed by atoms with E-state index in [-0.39, 0.29) is 12.8 Å². The first-order valence-corrected chi connectivity index (χ1v) is 7.67. The summed E-state index contributed by atoms with van der Waals surface area (Å²) in [6.45, 7) is 6.03. The molecular weight excluding hydrogens is 249 g/mol. The van der Waals surface area contributed by atoms with E-state index in [2.05, 4.69) is 10.6 Å². The molecule has 0 aromatic heterocycles. The van der Waals surface area contributed by atoms with Crippen LogP contribution in [0, 0.1) is 18.4 Å². The molecule has 0 saturated carbocycles. The van der Waals surface area contributed by atoms with Gasteiger partial charge in [-0.1, -0.05) is 30.7 Å². The molecule has 1 aromatic rings. The minimum absolute atomic E-state index is 0.137. The normalized spacial score (nSPS) is 13.7. The van der Waals surface area contributed by atoms with Gasteiger partial charge in [-0.25, -0.2) is 4.57 Å². The smallest absolute Gasteiger partial charge is 0.349 e. The highest BCUT2D eigenvalue weighted by Crippen LogP contribution is 2.51. The average Bonchev–Trinajstić information content (AvgIpc) is 2.32. The van der Waals surface area contributed by atoms with E-state index in [1.165, 1.54) is 6.26 Å². The van der Waals surface area contributed by atoms with Gasteiger partial charge in [0.05, 0.1) is 12.8 Å². The molecular formula is C13H18NO3P. The Morgan fingerprint density at radius 1 is 1.33 bits per heavy atom. The summed E-state index contributed by atoms with van der Waals surface area (Å²) in [7, 11) is -3.36. The third kappa shape index (κ3) is 3.87. The van der Waals surface area contributed by atoms with Crippen molar-refractivity contribution in [2.24, 2.45) is 0 Å². The van der Waals surface area contributed by atoms with Gasteiger partial charge in [-0.05, 0) is 31.4 Å². The van der Waals surface area contributed by atoms with E-state index in [0.29, 0.717) is 0 Å². The topological polar surface area (TPSA) is 59.3 Å². The molecule has 0 saturated heterocycles. The summed E-state index contributed by atoms with van der Waals surface area (Å²) in [4.78, 5) is 0. The maximum Gasteiger partial charge on any atom is 0.393 e. The Morgan fingerprint density at radius 3 is 2.61 bits per heavy atom. The molecule has 98 valence electrons. The molecule has 1 atom stereocenters. The number of nitriles is 1.